The van der Waals surface area contributed by atoms with E-state index in [0.29, 0.717) is 74.0 Å². The number of hydrogen-bond acceptors (Lipinski definition) is 14. The average Bonchev–Trinajstić information content (AvgIpc) is 3.15. The topological polar surface area (TPSA) is 133 Å². The minimum Gasteiger partial charge on any atom is -0.691 e. The molecule has 0 aliphatic heterocycles. The summed E-state index contributed by atoms with van der Waals surface area (Å²) in [5, 5.41) is 0.499. The molecule has 0 rings (SSSR count). The predicted octanol–water partition coefficient (Wildman–Crippen LogP) is 8.17. The summed E-state index contributed by atoms with van der Waals surface area (Å²) in [6.07, 6.45) is 5.58. The molecule has 0 bridgehead atoms. The van der Waals surface area contributed by atoms with Gasteiger partial charge in [0.25, 0.3) is 0 Å². The molecule has 0 heterocycles. The Morgan fingerprint density at radius 2 is 1.07 bits per heavy atom. The molecule has 0 aromatic carbocycles. The van der Waals surface area contributed by atoms with Crippen LogP contribution in [0.15, 0.2) is 0 Å². The smallest absolute Gasteiger partial charge is 0.691 e. The molecular weight excluding hydrogens is 917 g/mol. The number of hydrogen-bond donors (Lipinski definition) is 0. The van der Waals surface area contributed by atoms with E-state index < -0.39 is 13.0 Å². The van der Waals surface area contributed by atoms with Crippen molar-refractivity contribution in [1.82, 2.24) is 0 Å². The van der Waals surface area contributed by atoms with Gasteiger partial charge in [-0.2, -0.15) is 0 Å². The summed E-state index contributed by atoms with van der Waals surface area (Å²) in [6.45, 7) is 27.4. The first-order valence-corrected chi connectivity index (χ1v) is 28.1. The number of ether oxygens (including phenoxy) is 4. The van der Waals surface area contributed by atoms with Crippen LogP contribution in [0.2, 0.25) is 0 Å². The fraction of sp³-hybridized carbons (Fsp3) is 0.900. The molecule has 0 aliphatic carbocycles. The zero-order valence-electron chi connectivity index (χ0n) is 38.5. The zero-order valence-corrected chi connectivity index (χ0v) is 46.3. The fourth-order valence-electron chi connectivity index (χ4n) is 4.14. The first-order valence-electron chi connectivity index (χ1n) is 20.3. The Labute approximate surface area is 399 Å². The van der Waals surface area contributed by atoms with E-state index in [4.69, 9.17) is 51.8 Å². The second-order valence-electron chi connectivity index (χ2n) is 15.6. The Morgan fingerprint density at radius 1 is 0.672 bits per heavy atom. The quantitative estimate of drug-likeness (QED) is 0.0136. The van der Waals surface area contributed by atoms with Gasteiger partial charge in [0, 0.05) is 17.2 Å². The van der Waals surface area contributed by atoms with Gasteiger partial charge >= 0.3 is 53.4 Å². The molecule has 0 aromatic rings. The first kappa shape index (κ1) is 65.6. The van der Waals surface area contributed by atoms with Crippen molar-refractivity contribution < 1.29 is 81.3 Å². The molecule has 0 amide bonds. The summed E-state index contributed by atoms with van der Waals surface area (Å²) in [6, 6.07) is 0. The van der Waals surface area contributed by atoms with Gasteiger partial charge in [-0.15, -0.1) is 11.4 Å². The van der Waals surface area contributed by atoms with Gasteiger partial charge in [-0.1, -0.05) is 124 Å². The van der Waals surface area contributed by atoms with Crippen LogP contribution in [0.4, 0.5) is 0 Å². The van der Waals surface area contributed by atoms with Crippen molar-refractivity contribution in [2.45, 2.75) is 122 Å². The van der Waals surface area contributed by atoms with Gasteiger partial charge in [0.15, 0.2) is 0 Å². The van der Waals surface area contributed by atoms with Gasteiger partial charge in [0.1, 0.15) is 0 Å². The summed E-state index contributed by atoms with van der Waals surface area (Å²) < 4.78 is 36.8. The number of rotatable bonds is 29. The molecule has 0 N–H and O–H groups in total. The van der Waals surface area contributed by atoms with Crippen molar-refractivity contribution in [2.75, 3.05) is 64.5 Å². The molecule has 0 aromatic heterocycles. The Bertz CT molecular complexity index is 1090. The molecule has 0 saturated carbocycles. The summed E-state index contributed by atoms with van der Waals surface area (Å²) >= 11 is 15.1. The van der Waals surface area contributed by atoms with Crippen LogP contribution < -0.4 is 29.6 Å². The van der Waals surface area contributed by atoms with E-state index in [1.165, 1.54) is 14.2 Å². The van der Waals surface area contributed by atoms with Gasteiger partial charge in [0.2, 0.25) is 0 Å². The third-order valence-corrected chi connectivity index (χ3v) is 14.8. The van der Waals surface area contributed by atoms with Crippen LogP contribution in [0, 0.1) is 47.3 Å². The number of unbranched alkanes of at least 4 members (excludes halogenated alkanes) is 2. The van der Waals surface area contributed by atoms with E-state index in [1.807, 2.05) is 6.92 Å². The van der Waals surface area contributed by atoms with E-state index in [2.05, 4.69) is 83.0 Å². The van der Waals surface area contributed by atoms with Gasteiger partial charge in [-0.25, -0.2) is 0 Å². The van der Waals surface area contributed by atoms with E-state index in [9.17, 15) is 19.2 Å². The molecule has 0 saturated heterocycles. The van der Waals surface area contributed by atoms with Crippen LogP contribution in [0.5, 0.6) is 0 Å². The molecular formula is C40H78BrNaO11P2S3. The third kappa shape index (κ3) is 39.8. The number of esters is 4. The standard InChI is InChI=1S/C20H39O5PS.C12H21BrO4.C8H19O2PS2.Na/c1-8-9-10-24-20(22)18(11-17(6)19(21)23-7)14-27-26(13-16(4)5)25-12-15(2)3;1-4-5-6-17-12(15)10(8-13)7-9(2)11(14)16-3;1-7(2)5-9-11(12,13)10-6-8(3)4;/h15-18H,8-14H2,1-7H3;9-10H,4-8H2,1-3H3;7-8H,5-6H2,1-4H3,(H,12,13);/q;;;+1/p-1. The zero-order chi connectivity index (χ0) is 44.6. The van der Waals surface area contributed by atoms with Gasteiger partial charge < -0.3 is 44.8 Å². The number of carbonyl (C=O) groups is 4. The van der Waals surface area contributed by atoms with Gasteiger partial charge in [-0.3, -0.25) is 19.2 Å². The Morgan fingerprint density at radius 3 is 1.41 bits per heavy atom. The van der Waals surface area contributed by atoms with Crippen LogP contribution in [-0.4, -0.2) is 88.4 Å². The normalized spacial score (nSPS) is 13.9. The van der Waals surface area contributed by atoms with Crippen molar-refractivity contribution in [3.05, 3.63) is 0 Å². The maximum absolute atomic E-state index is 12.5. The summed E-state index contributed by atoms with van der Waals surface area (Å²) in [5.74, 6) is 0.279. The minimum atomic E-state index is -2.38. The summed E-state index contributed by atoms with van der Waals surface area (Å²) in [7, 11) is 2.07. The van der Waals surface area contributed by atoms with E-state index in [0.717, 1.165) is 38.5 Å². The largest absolute Gasteiger partial charge is 1.00 e. The Balaban J connectivity index is -0.000000404. The molecule has 340 valence electrons. The molecule has 11 nitrogen and oxygen atoms in total. The summed E-state index contributed by atoms with van der Waals surface area (Å²) in [4.78, 5) is 47.3. The molecule has 5 unspecified atom stereocenters. The van der Waals surface area contributed by atoms with E-state index in [-0.39, 0.29) is 77.1 Å². The van der Waals surface area contributed by atoms with Crippen molar-refractivity contribution in [1.29, 1.82) is 0 Å². The van der Waals surface area contributed by atoms with Crippen molar-refractivity contribution in [2.24, 2.45) is 47.3 Å². The van der Waals surface area contributed by atoms with Crippen LogP contribution in [0.3, 0.4) is 0 Å². The van der Waals surface area contributed by atoms with E-state index in [1.54, 1.807) is 25.2 Å². The molecule has 0 spiro atoms. The van der Waals surface area contributed by atoms with Crippen molar-refractivity contribution >= 4 is 88.3 Å². The second-order valence-corrected chi connectivity index (χ2v) is 25.1. The van der Waals surface area contributed by atoms with Crippen LogP contribution in [0.25, 0.3) is 0 Å². The average molecular weight is 996 g/mol. The predicted molar refractivity (Wildman–Crippen MR) is 247 cm³/mol. The van der Waals surface area contributed by atoms with Crippen molar-refractivity contribution in [3.8, 4) is 0 Å². The molecule has 18 heteroatoms. The molecule has 0 radical (unpaired) electrons. The molecule has 0 fully saturated rings. The fourth-order valence-corrected chi connectivity index (χ4v) is 11.1. The van der Waals surface area contributed by atoms with Crippen molar-refractivity contribution in [3.63, 3.8) is 0 Å². The Kier molecular flexibility index (Phi) is 46.1. The molecule has 0 aliphatic rings. The Hall–Kier alpha value is 1.02. The second kappa shape index (κ2) is 40.8. The minimum absolute atomic E-state index is 0. The maximum Gasteiger partial charge on any atom is 1.00 e. The third-order valence-electron chi connectivity index (χ3n) is 7.44. The number of halogens is 1. The van der Waals surface area contributed by atoms with Gasteiger partial charge in [-0.05, 0) is 49.4 Å². The van der Waals surface area contributed by atoms with Gasteiger partial charge in [0.05, 0.1) is 84.0 Å². The monoisotopic (exact) mass is 994 g/mol. The SMILES string of the molecule is CC(C)COP(=S)([S-])OCC(C)C.CCCCOC(=O)C(CBr)CC(C)C(=O)OC.CCCCOC(=O)C(CSP(CC(C)C)OCC(C)C)CC(C)C(=O)OC.[Na+]. The maximum atomic E-state index is 12.5. The molecule has 58 heavy (non-hydrogen) atoms. The first-order chi connectivity index (χ1) is 26.6. The summed E-state index contributed by atoms with van der Waals surface area (Å²) in [5.41, 5.74) is -2.38. The van der Waals surface area contributed by atoms with E-state index >= 15 is 0 Å². The number of methoxy groups -OCH3 is 2. The number of alkyl halides is 1. The van der Waals surface area contributed by atoms with Crippen LogP contribution in [0.1, 0.15) is 122 Å². The number of carbonyl (C=O) groups excluding carboxylic acids is 4. The van der Waals surface area contributed by atoms with Crippen LogP contribution >= 0.6 is 40.4 Å². The van der Waals surface area contributed by atoms with Crippen LogP contribution in [-0.2, 0) is 75.8 Å². The molecule has 5 atom stereocenters.